The van der Waals surface area contributed by atoms with Crippen molar-refractivity contribution >= 4 is 12.4 Å². The number of piperidine rings is 1. The van der Waals surface area contributed by atoms with E-state index >= 15 is 0 Å². The molecule has 2 aliphatic heterocycles. The fraction of sp³-hybridized carbons (Fsp3) is 0.846. The SMILES string of the molecule is CC(C)(C=O)OC(=O)N1CCC2(CCNC2)CC1. The fourth-order valence-corrected chi connectivity index (χ4v) is 2.70. The zero-order chi connectivity index (χ0) is 13.2. The highest BCUT2D eigenvalue weighted by Gasteiger charge is 2.39. The van der Waals surface area contributed by atoms with Crippen LogP contribution in [0.25, 0.3) is 0 Å². The van der Waals surface area contributed by atoms with E-state index < -0.39 is 5.60 Å². The Hall–Kier alpha value is -1.10. The number of carbonyl (C=O) groups excluding carboxylic acids is 2. The van der Waals surface area contributed by atoms with E-state index in [1.165, 1.54) is 6.42 Å². The van der Waals surface area contributed by atoms with Gasteiger partial charge >= 0.3 is 6.09 Å². The van der Waals surface area contributed by atoms with Crippen molar-refractivity contribution in [2.75, 3.05) is 26.2 Å². The predicted octanol–water partition coefficient (Wildman–Crippen LogP) is 1.18. The summed E-state index contributed by atoms with van der Waals surface area (Å²) in [4.78, 5) is 24.4. The first-order valence-corrected chi connectivity index (χ1v) is 6.61. The summed E-state index contributed by atoms with van der Waals surface area (Å²) in [5.41, 5.74) is -0.641. The minimum atomic E-state index is -1.03. The van der Waals surface area contributed by atoms with Gasteiger partial charge in [-0.2, -0.15) is 0 Å². The van der Waals surface area contributed by atoms with Crippen molar-refractivity contribution in [1.82, 2.24) is 10.2 Å². The molecule has 5 nitrogen and oxygen atoms in total. The molecule has 1 amide bonds. The summed E-state index contributed by atoms with van der Waals surface area (Å²) in [5.74, 6) is 0. The summed E-state index contributed by atoms with van der Waals surface area (Å²) in [6, 6.07) is 0. The molecule has 0 unspecified atom stereocenters. The van der Waals surface area contributed by atoms with E-state index in [2.05, 4.69) is 5.32 Å². The lowest BCUT2D eigenvalue weighted by molar-refractivity contribution is -0.122. The highest BCUT2D eigenvalue weighted by molar-refractivity contribution is 5.73. The lowest BCUT2D eigenvalue weighted by atomic mass is 9.78. The van der Waals surface area contributed by atoms with Gasteiger partial charge in [-0.15, -0.1) is 0 Å². The molecule has 0 aliphatic carbocycles. The average molecular weight is 254 g/mol. The summed E-state index contributed by atoms with van der Waals surface area (Å²) >= 11 is 0. The van der Waals surface area contributed by atoms with Crippen LogP contribution in [0.3, 0.4) is 0 Å². The quantitative estimate of drug-likeness (QED) is 0.752. The number of likely N-dealkylation sites (tertiary alicyclic amines) is 1. The van der Waals surface area contributed by atoms with Crippen LogP contribution >= 0.6 is 0 Å². The standard InChI is InChI=1S/C13H22N2O3/c1-12(2,10-16)18-11(17)15-7-4-13(5-8-15)3-6-14-9-13/h10,14H,3-9H2,1-2H3. The number of nitrogens with one attached hydrogen (secondary N) is 1. The number of carbonyl (C=O) groups is 2. The summed E-state index contributed by atoms with van der Waals surface area (Å²) in [7, 11) is 0. The van der Waals surface area contributed by atoms with Crippen LogP contribution in [0.4, 0.5) is 4.79 Å². The maximum absolute atomic E-state index is 11.9. The molecule has 0 aromatic heterocycles. The molecule has 0 radical (unpaired) electrons. The molecule has 0 saturated carbocycles. The summed E-state index contributed by atoms with van der Waals surface area (Å²) in [5, 5.41) is 3.39. The van der Waals surface area contributed by atoms with Crippen LogP contribution in [-0.4, -0.2) is 49.1 Å². The van der Waals surface area contributed by atoms with Crippen LogP contribution in [0, 0.1) is 5.41 Å². The van der Waals surface area contributed by atoms with Crippen molar-refractivity contribution < 1.29 is 14.3 Å². The molecule has 0 aromatic rings. The lowest BCUT2D eigenvalue weighted by Gasteiger charge is -2.39. The van der Waals surface area contributed by atoms with Gasteiger partial charge in [0.15, 0.2) is 11.9 Å². The fourth-order valence-electron chi connectivity index (χ4n) is 2.70. The van der Waals surface area contributed by atoms with E-state index in [0.29, 0.717) is 11.7 Å². The molecule has 102 valence electrons. The molecular formula is C13H22N2O3. The molecule has 2 rings (SSSR count). The van der Waals surface area contributed by atoms with Crippen molar-refractivity contribution in [2.24, 2.45) is 5.41 Å². The Kier molecular flexibility index (Phi) is 3.61. The molecule has 0 bridgehead atoms. The molecule has 0 atom stereocenters. The second-order valence-electron chi connectivity index (χ2n) is 6.00. The summed E-state index contributed by atoms with van der Waals surface area (Å²) < 4.78 is 5.18. The van der Waals surface area contributed by atoms with Gasteiger partial charge in [0.2, 0.25) is 0 Å². The van der Waals surface area contributed by atoms with Crippen molar-refractivity contribution in [1.29, 1.82) is 0 Å². The van der Waals surface area contributed by atoms with Gasteiger partial charge < -0.3 is 15.0 Å². The third-order valence-electron chi connectivity index (χ3n) is 4.05. The molecule has 2 aliphatic rings. The van der Waals surface area contributed by atoms with E-state index in [1.807, 2.05) is 0 Å². The first-order chi connectivity index (χ1) is 8.46. The predicted molar refractivity (Wildman–Crippen MR) is 67.4 cm³/mol. The van der Waals surface area contributed by atoms with Crippen LogP contribution in [0.5, 0.6) is 0 Å². The number of hydrogen-bond donors (Lipinski definition) is 1. The Balaban J connectivity index is 1.86. The van der Waals surface area contributed by atoms with Gasteiger partial charge in [0.05, 0.1) is 0 Å². The van der Waals surface area contributed by atoms with Crippen LogP contribution < -0.4 is 5.32 Å². The van der Waals surface area contributed by atoms with Gasteiger partial charge in [-0.25, -0.2) is 4.79 Å². The van der Waals surface area contributed by atoms with E-state index in [4.69, 9.17) is 4.74 Å². The molecule has 5 heteroatoms. The third-order valence-corrected chi connectivity index (χ3v) is 4.05. The Morgan fingerprint density at radius 2 is 2.00 bits per heavy atom. The number of ether oxygens (including phenoxy) is 1. The number of nitrogens with zero attached hydrogens (tertiary/aromatic N) is 1. The number of hydrogen-bond acceptors (Lipinski definition) is 4. The van der Waals surface area contributed by atoms with Gasteiger partial charge in [-0.3, -0.25) is 4.79 Å². The highest BCUT2D eigenvalue weighted by atomic mass is 16.6. The van der Waals surface area contributed by atoms with Gasteiger partial charge in [0.25, 0.3) is 0 Å². The molecule has 1 N–H and O–H groups in total. The second kappa shape index (κ2) is 4.88. The average Bonchev–Trinajstić information content (AvgIpc) is 2.78. The number of rotatable bonds is 2. The van der Waals surface area contributed by atoms with E-state index in [-0.39, 0.29) is 6.09 Å². The molecule has 2 saturated heterocycles. The van der Waals surface area contributed by atoms with E-state index in [9.17, 15) is 9.59 Å². The van der Waals surface area contributed by atoms with Crippen LogP contribution in [-0.2, 0) is 9.53 Å². The maximum Gasteiger partial charge on any atom is 0.410 e. The van der Waals surface area contributed by atoms with Gasteiger partial charge in [-0.05, 0) is 45.1 Å². The van der Waals surface area contributed by atoms with Gasteiger partial charge in [0, 0.05) is 19.6 Å². The zero-order valence-electron chi connectivity index (χ0n) is 11.2. The highest BCUT2D eigenvalue weighted by Crippen LogP contribution is 2.37. The van der Waals surface area contributed by atoms with E-state index in [1.54, 1.807) is 18.7 Å². The van der Waals surface area contributed by atoms with Gasteiger partial charge in [0.1, 0.15) is 0 Å². The largest absolute Gasteiger partial charge is 0.436 e. The lowest BCUT2D eigenvalue weighted by Crippen LogP contribution is -2.46. The molecule has 2 heterocycles. The Labute approximate surface area is 108 Å². The topological polar surface area (TPSA) is 58.6 Å². The van der Waals surface area contributed by atoms with Gasteiger partial charge in [-0.1, -0.05) is 0 Å². The minimum Gasteiger partial charge on any atom is -0.436 e. The molecule has 1 spiro atoms. The van der Waals surface area contributed by atoms with Crippen LogP contribution in [0.1, 0.15) is 33.1 Å². The van der Waals surface area contributed by atoms with Crippen molar-refractivity contribution in [3.05, 3.63) is 0 Å². The Morgan fingerprint density at radius 1 is 1.33 bits per heavy atom. The smallest absolute Gasteiger partial charge is 0.410 e. The monoisotopic (exact) mass is 254 g/mol. The second-order valence-corrected chi connectivity index (χ2v) is 6.00. The number of amides is 1. The first-order valence-electron chi connectivity index (χ1n) is 6.61. The maximum atomic E-state index is 11.9. The summed E-state index contributed by atoms with van der Waals surface area (Å²) in [6.45, 7) is 6.82. The molecule has 18 heavy (non-hydrogen) atoms. The van der Waals surface area contributed by atoms with Crippen LogP contribution in [0.15, 0.2) is 0 Å². The molecular weight excluding hydrogens is 232 g/mol. The first kappa shape index (κ1) is 13.3. The normalized spacial score (nSPS) is 23.1. The summed E-state index contributed by atoms with van der Waals surface area (Å²) in [6.07, 6.45) is 3.55. The van der Waals surface area contributed by atoms with Crippen molar-refractivity contribution in [3.63, 3.8) is 0 Å². The Morgan fingerprint density at radius 3 is 2.50 bits per heavy atom. The third kappa shape index (κ3) is 2.83. The minimum absolute atomic E-state index is 0.368. The van der Waals surface area contributed by atoms with E-state index in [0.717, 1.165) is 39.0 Å². The van der Waals surface area contributed by atoms with Crippen molar-refractivity contribution in [2.45, 2.75) is 38.7 Å². The zero-order valence-corrected chi connectivity index (χ0v) is 11.2. The van der Waals surface area contributed by atoms with Crippen molar-refractivity contribution in [3.8, 4) is 0 Å². The molecule has 0 aromatic carbocycles. The number of aldehydes is 1. The van der Waals surface area contributed by atoms with Crippen LogP contribution in [0.2, 0.25) is 0 Å². The molecule has 2 fully saturated rings. The Bertz CT molecular complexity index is 325.